The standard InChI is InChI=1S/C21H20BrNO3/c1-2-19(15-6-4-3-5-7-15)23-21(24)20-13-12-18(26-20)14-25-17-10-8-16(22)9-11-17/h3-13,19H,2,14H2,1H3,(H,23,24). The predicted molar refractivity (Wildman–Crippen MR) is 104 cm³/mol. The zero-order valence-corrected chi connectivity index (χ0v) is 16.0. The number of benzene rings is 2. The van der Waals surface area contributed by atoms with E-state index in [4.69, 9.17) is 9.15 Å². The number of hydrogen-bond acceptors (Lipinski definition) is 3. The van der Waals surface area contributed by atoms with E-state index in [1.54, 1.807) is 12.1 Å². The van der Waals surface area contributed by atoms with Crippen LogP contribution in [-0.4, -0.2) is 5.91 Å². The van der Waals surface area contributed by atoms with Crippen LogP contribution in [0, 0.1) is 0 Å². The highest BCUT2D eigenvalue weighted by atomic mass is 79.9. The molecule has 2 aromatic carbocycles. The third kappa shape index (κ3) is 4.76. The highest BCUT2D eigenvalue weighted by Gasteiger charge is 2.17. The lowest BCUT2D eigenvalue weighted by Crippen LogP contribution is -2.27. The van der Waals surface area contributed by atoms with Crippen LogP contribution in [-0.2, 0) is 6.61 Å². The summed E-state index contributed by atoms with van der Waals surface area (Å²) in [5.74, 6) is 1.40. The van der Waals surface area contributed by atoms with Crippen LogP contribution < -0.4 is 10.1 Å². The summed E-state index contributed by atoms with van der Waals surface area (Å²) in [6.07, 6.45) is 0.802. The van der Waals surface area contributed by atoms with E-state index in [0.717, 1.165) is 22.2 Å². The van der Waals surface area contributed by atoms with Crippen LogP contribution in [0.4, 0.5) is 0 Å². The first-order valence-corrected chi connectivity index (χ1v) is 9.28. The summed E-state index contributed by atoms with van der Waals surface area (Å²) in [5.41, 5.74) is 1.08. The van der Waals surface area contributed by atoms with E-state index in [1.807, 2.05) is 61.5 Å². The minimum Gasteiger partial charge on any atom is -0.486 e. The summed E-state index contributed by atoms with van der Waals surface area (Å²) in [5, 5.41) is 3.01. The van der Waals surface area contributed by atoms with Crippen LogP contribution in [0.5, 0.6) is 5.75 Å². The Kier molecular flexibility index (Phi) is 6.12. The molecule has 3 aromatic rings. The van der Waals surface area contributed by atoms with Crippen LogP contribution in [0.3, 0.4) is 0 Å². The monoisotopic (exact) mass is 413 g/mol. The van der Waals surface area contributed by atoms with E-state index in [1.165, 1.54) is 0 Å². The normalized spacial score (nSPS) is 11.8. The lowest BCUT2D eigenvalue weighted by molar-refractivity contribution is 0.0903. The zero-order chi connectivity index (χ0) is 18.4. The molecule has 134 valence electrons. The quantitative estimate of drug-likeness (QED) is 0.555. The van der Waals surface area contributed by atoms with Crippen molar-refractivity contribution in [3.05, 3.63) is 88.3 Å². The average Bonchev–Trinajstić information content (AvgIpc) is 3.15. The van der Waals surface area contributed by atoms with Crippen molar-refractivity contribution in [1.82, 2.24) is 5.32 Å². The predicted octanol–water partition coefficient (Wildman–Crippen LogP) is 5.50. The molecule has 0 aliphatic heterocycles. The summed E-state index contributed by atoms with van der Waals surface area (Å²) in [4.78, 5) is 12.5. The van der Waals surface area contributed by atoms with Crippen molar-refractivity contribution in [3.63, 3.8) is 0 Å². The highest BCUT2D eigenvalue weighted by Crippen LogP contribution is 2.19. The number of rotatable bonds is 7. The molecular weight excluding hydrogens is 394 g/mol. The number of amides is 1. The second-order valence-corrected chi connectivity index (χ2v) is 6.77. The molecule has 1 atom stereocenters. The Morgan fingerprint density at radius 3 is 2.50 bits per heavy atom. The Labute approximate surface area is 161 Å². The van der Waals surface area contributed by atoms with E-state index >= 15 is 0 Å². The Hall–Kier alpha value is -2.53. The number of carbonyl (C=O) groups is 1. The molecule has 0 spiro atoms. The number of furan rings is 1. The van der Waals surface area contributed by atoms with Crippen molar-refractivity contribution in [3.8, 4) is 5.75 Å². The first-order valence-electron chi connectivity index (χ1n) is 8.48. The summed E-state index contributed by atoms with van der Waals surface area (Å²) in [6, 6.07) is 20.9. The van der Waals surface area contributed by atoms with Gasteiger partial charge in [-0.2, -0.15) is 0 Å². The van der Waals surface area contributed by atoms with Crippen LogP contribution >= 0.6 is 15.9 Å². The minimum atomic E-state index is -0.226. The maximum atomic E-state index is 12.5. The molecule has 0 radical (unpaired) electrons. The largest absolute Gasteiger partial charge is 0.486 e. The lowest BCUT2D eigenvalue weighted by atomic mass is 10.0. The molecule has 0 aliphatic carbocycles. The van der Waals surface area contributed by atoms with Crippen LogP contribution in [0.15, 0.2) is 75.6 Å². The van der Waals surface area contributed by atoms with Gasteiger partial charge in [0, 0.05) is 4.47 Å². The van der Waals surface area contributed by atoms with E-state index in [9.17, 15) is 4.79 Å². The average molecular weight is 414 g/mol. The number of nitrogens with one attached hydrogen (secondary N) is 1. The second-order valence-electron chi connectivity index (χ2n) is 5.85. The molecule has 3 rings (SSSR count). The van der Waals surface area contributed by atoms with Crippen LogP contribution in [0.2, 0.25) is 0 Å². The van der Waals surface area contributed by atoms with Crippen molar-refractivity contribution in [2.75, 3.05) is 0 Å². The Morgan fingerprint density at radius 1 is 1.08 bits per heavy atom. The number of ether oxygens (including phenoxy) is 1. The summed E-state index contributed by atoms with van der Waals surface area (Å²) < 4.78 is 12.3. The molecule has 1 amide bonds. The van der Waals surface area contributed by atoms with Crippen molar-refractivity contribution in [1.29, 1.82) is 0 Å². The van der Waals surface area contributed by atoms with Gasteiger partial charge in [0.15, 0.2) is 5.76 Å². The number of hydrogen-bond donors (Lipinski definition) is 1. The Balaban J connectivity index is 1.59. The van der Waals surface area contributed by atoms with Gasteiger partial charge in [-0.3, -0.25) is 4.79 Å². The van der Waals surface area contributed by atoms with Gasteiger partial charge in [0.1, 0.15) is 18.1 Å². The second kappa shape index (κ2) is 8.72. The highest BCUT2D eigenvalue weighted by molar-refractivity contribution is 9.10. The van der Waals surface area contributed by atoms with E-state index in [2.05, 4.69) is 21.2 Å². The summed E-state index contributed by atoms with van der Waals surface area (Å²) in [7, 11) is 0. The first-order chi connectivity index (χ1) is 12.7. The maximum Gasteiger partial charge on any atom is 0.287 e. The first kappa shape index (κ1) is 18.3. The van der Waals surface area contributed by atoms with Gasteiger partial charge in [0.05, 0.1) is 6.04 Å². The van der Waals surface area contributed by atoms with E-state index < -0.39 is 0 Å². The minimum absolute atomic E-state index is 0.0451. The zero-order valence-electron chi connectivity index (χ0n) is 14.4. The molecule has 0 aliphatic rings. The van der Waals surface area contributed by atoms with Gasteiger partial charge < -0.3 is 14.5 Å². The van der Waals surface area contributed by atoms with Gasteiger partial charge in [-0.05, 0) is 48.4 Å². The van der Waals surface area contributed by atoms with Gasteiger partial charge >= 0.3 is 0 Å². The van der Waals surface area contributed by atoms with Crippen LogP contribution in [0.25, 0.3) is 0 Å². The molecule has 0 fully saturated rings. The van der Waals surface area contributed by atoms with Crippen molar-refractivity contribution < 1.29 is 13.9 Å². The third-order valence-electron chi connectivity index (χ3n) is 4.00. The lowest BCUT2D eigenvalue weighted by Gasteiger charge is -2.16. The summed E-state index contributed by atoms with van der Waals surface area (Å²) in [6.45, 7) is 2.31. The molecule has 1 aromatic heterocycles. The molecule has 4 nitrogen and oxygen atoms in total. The fourth-order valence-corrected chi connectivity index (χ4v) is 2.86. The summed E-state index contributed by atoms with van der Waals surface area (Å²) >= 11 is 3.38. The molecule has 26 heavy (non-hydrogen) atoms. The third-order valence-corrected chi connectivity index (χ3v) is 4.52. The maximum absolute atomic E-state index is 12.5. The Bertz CT molecular complexity index is 843. The fraction of sp³-hybridized carbons (Fsp3) is 0.190. The van der Waals surface area contributed by atoms with Gasteiger partial charge in [0.25, 0.3) is 5.91 Å². The number of halogens is 1. The molecule has 1 N–H and O–H groups in total. The van der Waals surface area contributed by atoms with Gasteiger partial charge in [-0.15, -0.1) is 0 Å². The molecule has 0 saturated carbocycles. The van der Waals surface area contributed by atoms with Crippen molar-refractivity contribution >= 4 is 21.8 Å². The van der Waals surface area contributed by atoms with E-state index in [-0.39, 0.29) is 24.3 Å². The van der Waals surface area contributed by atoms with Crippen molar-refractivity contribution in [2.45, 2.75) is 26.0 Å². The van der Waals surface area contributed by atoms with Crippen molar-refractivity contribution in [2.24, 2.45) is 0 Å². The molecule has 5 heteroatoms. The van der Waals surface area contributed by atoms with E-state index in [0.29, 0.717) is 5.76 Å². The van der Waals surface area contributed by atoms with Crippen LogP contribution in [0.1, 0.15) is 41.3 Å². The Morgan fingerprint density at radius 2 is 1.81 bits per heavy atom. The smallest absolute Gasteiger partial charge is 0.287 e. The fourth-order valence-electron chi connectivity index (χ4n) is 2.60. The SMILES string of the molecule is CCC(NC(=O)c1ccc(COc2ccc(Br)cc2)o1)c1ccccc1. The van der Waals surface area contributed by atoms with Gasteiger partial charge in [-0.1, -0.05) is 53.2 Å². The molecule has 0 saturated heterocycles. The molecule has 1 unspecified atom stereocenters. The topological polar surface area (TPSA) is 51.5 Å². The van der Waals surface area contributed by atoms with Gasteiger partial charge in [-0.25, -0.2) is 0 Å². The van der Waals surface area contributed by atoms with Gasteiger partial charge in [0.2, 0.25) is 0 Å². The molecule has 1 heterocycles. The molecular formula is C21H20BrNO3. The molecule has 0 bridgehead atoms. The number of carbonyl (C=O) groups excluding carboxylic acids is 1.